The summed E-state index contributed by atoms with van der Waals surface area (Å²) < 4.78 is 2.33. The van der Waals surface area contributed by atoms with Crippen molar-refractivity contribution < 1.29 is 0 Å². The highest BCUT2D eigenvalue weighted by molar-refractivity contribution is 4.95. The van der Waals surface area contributed by atoms with Crippen molar-refractivity contribution in [3.05, 3.63) is 36.4 Å². The lowest BCUT2D eigenvalue weighted by atomic mass is 9.77. The third-order valence-electron chi connectivity index (χ3n) is 7.12. The summed E-state index contributed by atoms with van der Waals surface area (Å²) in [5, 5.41) is 0. The molecule has 2 aromatic rings. The van der Waals surface area contributed by atoms with Crippen LogP contribution in [-0.4, -0.2) is 80.5 Å². The van der Waals surface area contributed by atoms with Gasteiger partial charge in [-0.05, 0) is 70.2 Å². The molecule has 0 amide bonds. The van der Waals surface area contributed by atoms with Crippen molar-refractivity contribution in [2.75, 3.05) is 46.3 Å². The van der Waals surface area contributed by atoms with Crippen LogP contribution in [0.5, 0.6) is 0 Å². The van der Waals surface area contributed by atoms with Gasteiger partial charge in [0.2, 0.25) is 0 Å². The lowest BCUT2D eigenvalue weighted by molar-refractivity contribution is 0.0989. The Labute approximate surface area is 187 Å². The van der Waals surface area contributed by atoms with Crippen LogP contribution in [0.4, 0.5) is 0 Å². The van der Waals surface area contributed by atoms with Crippen LogP contribution in [0, 0.1) is 11.3 Å². The average molecular weight is 428 g/mol. The summed E-state index contributed by atoms with van der Waals surface area (Å²) in [7, 11) is 2.12. The van der Waals surface area contributed by atoms with E-state index in [-0.39, 0.29) is 0 Å². The molecule has 1 spiro atoms. The van der Waals surface area contributed by atoms with E-state index in [9.17, 15) is 0 Å². The van der Waals surface area contributed by atoms with Crippen molar-refractivity contribution in [1.82, 2.24) is 34.2 Å². The highest BCUT2D eigenvalue weighted by atomic mass is 15.2. The number of hydrogen-bond donors (Lipinski definition) is 1. The second-order valence-corrected chi connectivity index (χ2v) is 10.3. The molecule has 0 aromatic carbocycles. The zero-order valence-corrected chi connectivity index (χ0v) is 19.8. The first-order valence-corrected chi connectivity index (χ1v) is 12.1. The maximum absolute atomic E-state index is 4.60. The Balaban J connectivity index is 1.18. The van der Waals surface area contributed by atoms with Crippen LogP contribution in [0.3, 0.4) is 0 Å². The first-order valence-electron chi connectivity index (χ1n) is 12.1. The number of likely N-dealkylation sites (tertiary alicyclic amines) is 2. The predicted octanol–water partition coefficient (Wildman–Crippen LogP) is 3.07. The van der Waals surface area contributed by atoms with Gasteiger partial charge in [0.1, 0.15) is 11.6 Å². The van der Waals surface area contributed by atoms with Gasteiger partial charge in [0.05, 0.1) is 13.1 Å². The van der Waals surface area contributed by atoms with Crippen LogP contribution >= 0.6 is 0 Å². The SMILES string of the molecule is CC(C)CN1CCC2(CC1)CCN(CCCn1ccnc1CN(C)Cc1ncc[nH]1)C2. The van der Waals surface area contributed by atoms with Crippen LogP contribution in [0.2, 0.25) is 0 Å². The van der Waals surface area contributed by atoms with Gasteiger partial charge in [-0.25, -0.2) is 9.97 Å². The first-order chi connectivity index (χ1) is 15.0. The molecule has 0 aliphatic carbocycles. The molecule has 7 nitrogen and oxygen atoms in total. The van der Waals surface area contributed by atoms with Gasteiger partial charge in [-0.3, -0.25) is 4.90 Å². The molecule has 1 N–H and O–H groups in total. The predicted molar refractivity (Wildman–Crippen MR) is 125 cm³/mol. The van der Waals surface area contributed by atoms with Crippen LogP contribution < -0.4 is 0 Å². The van der Waals surface area contributed by atoms with Crippen molar-refractivity contribution >= 4 is 0 Å². The van der Waals surface area contributed by atoms with Gasteiger partial charge in [-0.2, -0.15) is 0 Å². The number of aryl methyl sites for hydroxylation is 1. The minimum Gasteiger partial charge on any atom is -0.348 e. The molecule has 0 bridgehead atoms. The average Bonchev–Trinajstić information content (AvgIpc) is 3.47. The Morgan fingerprint density at radius 2 is 1.81 bits per heavy atom. The van der Waals surface area contributed by atoms with Crippen molar-refractivity contribution in [3.63, 3.8) is 0 Å². The quantitative estimate of drug-likeness (QED) is 0.632. The van der Waals surface area contributed by atoms with Crippen molar-refractivity contribution in [1.29, 1.82) is 0 Å². The summed E-state index contributed by atoms with van der Waals surface area (Å²) in [5.41, 5.74) is 0.599. The molecule has 31 heavy (non-hydrogen) atoms. The molecule has 0 unspecified atom stereocenters. The lowest BCUT2D eigenvalue weighted by Crippen LogP contribution is -2.42. The van der Waals surface area contributed by atoms with Gasteiger partial charge >= 0.3 is 0 Å². The van der Waals surface area contributed by atoms with Gasteiger partial charge in [0.25, 0.3) is 0 Å². The fraction of sp³-hybridized carbons (Fsp3) is 0.750. The number of piperidine rings is 1. The number of nitrogens with zero attached hydrogens (tertiary/aromatic N) is 6. The Bertz CT molecular complexity index is 774. The van der Waals surface area contributed by atoms with Crippen molar-refractivity contribution in [2.45, 2.75) is 59.2 Å². The number of aromatic amines is 1. The summed E-state index contributed by atoms with van der Waals surface area (Å²) in [6, 6.07) is 0. The van der Waals surface area contributed by atoms with Crippen molar-refractivity contribution in [3.8, 4) is 0 Å². The maximum atomic E-state index is 4.60. The highest BCUT2D eigenvalue weighted by Crippen LogP contribution is 2.40. The van der Waals surface area contributed by atoms with E-state index in [1.54, 1.807) is 0 Å². The molecule has 4 rings (SSSR count). The zero-order chi connectivity index (χ0) is 21.7. The third kappa shape index (κ3) is 6.18. The number of aromatic nitrogens is 4. The van der Waals surface area contributed by atoms with E-state index < -0.39 is 0 Å². The molecule has 2 saturated heterocycles. The molecule has 2 aliphatic heterocycles. The molecule has 2 aromatic heterocycles. The molecule has 0 saturated carbocycles. The fourth-order valence-corrected chi connectivity index (χ4v) is 5.45. The van der Waals surface area contributed by atoms with E-state index in [2.05, 4.69) is 61.3 Å². The van der Waals surface area contributed by atoms with E-state index in [1.807, 2.05) is 18.6 Å². The summed E-state index contributed by atoms with van der Waals surface area (Å²) >= 11 is 0. The topological polar surface area (TPSA) is 56.2 Å². The standard InChI is InChI=1S/C24H41N7/c1-21(2)17-29-13-5-24(6-14-29)7-15-30(20-24)11-4-12-31-16-10-27-23(31)19-28(3)18-22-25-8-9-26-22/h8-10,16,21H,4-7,11-15,17-20H2,1-3H3,(H,25,26). The van der Waals surface area contributed by atoms with Gasteiger partial charge < -0.3 is 19.4 Å². The second-order valence-electron chi connectivity index (χ2n) is 10.3. The normalized spacial score (nSPS) is 19.9. The zero-order valence-electron chi connectivity index (χ0n) is 19.8. The number of imidazole rings is 2. The Hall–Kier alpha value is -1.70. The number of hydrogen-bond acceptors (Lipinski definition) is 5. The Morgan fingerprint density at radius 3 is 2.52 bits per heavy atom. The van der Waals surface area contributed by atoms with E-state index >= 15 is 0 Å². The Kier molecular flexibility index (Phi) is 7.46. The summed E-state index contributed by atoms with van der Waals surface area (Å²) in [6.07, 6.45) is 13.1. The largest absolute Gasteiger partial charge is 0.348 e. The molecule has 4 heterocycles. The Morgan fingerprint density at radius 1 is 1.03 bits per heavy atom. The van der Waals surface area contributed by atoms with Gasteiger partial charge in [-0.1, -0.05) is 13.8 Å². The highest BCUT2D eigenvalue weighted by Gasteiger charge is 2.40. The third-order valence-corrected chi connectivity index (χ3v) is 7.12. The summed E-state index contributed by atoms with van der Waals surface area (Å²) in [6.45, 7) is 15.0. The minimum absolute atomic E-state index is 0.599. The molecular weight excluding hydrogens is 386 g/mol. The molecular formula is C24H41N7. The number of nitrogens with one attached hydrogen (secondary N) is 1. The van der Waals surface area contributed by atoms with E-state index in [1.165, 1.54) is 65.0 Å². The molecule has 2 fully saturated rings. The molecule has 172 valence electrons. The van der Waals surface area contributed by atoms with E-state index in [0.717, 1.165) is 37.2 Å². The van der Waals surface area contributed by atoms with Crippen LogP contribution in [0.1, 0.15) is 51.2 Å². The van der Waals surface area contributed by atoms with E-state index in [4.69, 9.17) is 0 Å². The smallest absolute Gasteiger partial charge is 0.122 e. The van der Waals surface area contributed by atoms with Crippen molar-refractivity contribution in [2.24, 2.45) is 11.3 Å². The van der Waals surface area contributed by atoms with Crippen LogP contribution in [0.15, 0.2) is 24.8 Å². The molecule has 0 atom stereocenters. The maximum Gasteiger partial charge on any atom is 0.122 e. The van der Waals surface area contributed by atoms with Gasteiger partial charge in [0.15, 0.2) is 0 Å². The van der Waals surface area contributed by atoms with Gasteiger partial charge in [0, 0.05) is 44.4 Å². The number of rotatable bonds is 10. The molecule has 7 heteroatoms. The summed E-state index contributed by atoms with van der Waals surface area (Å²) in [5.74, 6) is 2.93. The van der Waals surface area contributed by atoms with Crippen LogP contribution in [-0.2, 0) is 19.6 Å². The minimum atomic E-state index is 0.599. The van der Waals surface area contributed by atoms with E-state index in [0.29, 0.717) is 5.41 Å². The lowest BCUT2D eigenvalue weighted by Gasteiger charge is -2.40. The van der Waals surface area contributed by atoms with Gasteiger partial charge in [-0.15, -0.1) is 0 Å². The fourth-order valence-electron chi connectivity index (χ4n) is 5.45. The molecule has 0 radical (unpaired) electrons. The monoisotopic (exact) mass is 427 g/mol. The molecule has 2 aliphatic rings. The first kappa shape index (κ1) is 22.5. The second kappa shape index (κ2) is 10.3. The number of H-pyrrole nitrogens is 1. The summed E-state index contributed by atoms with van der Waals surface area (Å²) in [4.78, 5) is 19.8. The van der Waals surface area contributed by atoms with Crippen LogP contribution in [0.25, 0.3) is 0 Å².